The zero-order valence-corrected chi connectivity index (χ0v) is 17.9. The Kier molecular flexibility index (Phi) is 6.23. The summed E-state index contributed by atoms with van der Waals surface area (Å²) in [5.74, 6) is -0.482. The molecule has 3 rings (SSSR count). The topological polar surface area (TPSA) is 85.7 Å². The Morgan fingerprint density at radius 3 is 2.79 bits per heavy atom. The number of carbonyl (C=O) groups is 2. The summed E-state index contributed by atoms with van der Waals surface area (Å²) in [4.78, 5) is 29.9. The van der Waals surface area contributed by atoms with Crippen LogP contribution in [0, 0.1) is 5.82 Å². The highest BCUT2D eigenvalue weighted by molar-refractivity contribution is 9.10. The molecule has 0 saturated carbocycles. The summed E-state index contributed by atoms with van der Waals surface area (Å²) in [5, 5.41) is 7.98. The number of nitrogens with zero attached hydrogens (tertiary/aromatic N) is 3. The number of halogens is 2. The van der Waals surface area contributed by atoms with Crippen LogP contribution in [0.4, 0.5) is 15.0 Å². The summed E-state index contributed by atoms with van der Waals surface area (Å²) in [6, 6.07) is 6.41. The number of hydroxylamine groups is 2. The molecule has 0 spiro atoms. The molecule has 1 unspecified atom stereocenters. The van der Waals surface area contributed by atoms with Crippen molar-refractivity contribution >= 4 is 33.7 Å². The van der Waals surface area contributed by atoms with Gasteiger partial charge in [0.25, 0.3) is 5.91 Å². The van der Waals surface area contributed by atoms with Crippen molar-refractivity contribution in [2.75, 3.05) is 11.9 Å². The number of aromatic nitrogens is 2. The third-order valence-electron chi connectivity index (χ3n) is 3.99. The minimum absolute atomic E-state index is 0.216. The van der Waals surface area contributed by atoms with E-state index >= 15 is 0 Å². The molecular formula is C19H22BrFN4O4. The number of benzene rings is 1. The quantitative estimate of drug-likeness (QED) is 0.738. The van der Waals surface area contributed by atoms with E-state index in [1.165, 1.54) is 10.7 Å². The van der Waals surface area contributed by atoms with Gasteiger partial charge in [0.15, 0.2) is 11.9 Å². The molecule has 1 atom stereocenters. The normalized spacial score (nSPS) is 16.7. The van der Waals surface area contributed by atoms with Gasteiger partial charge in [-0.2, -0.15) is 10.2 Å². The number of hydrogen-bond acceptors (Lipinski definition) is 5. The predicted octanol–water partition coefficient (Wildman–Crippen LogP) is 3.71. The summed E-state index contributed by atoms with van der Waals surface area (Å²) in [7, 11) is 0. The maximum Gasteiger partial charge on any atom is 0.434 e. The molecule has 10 heteroatoms. The van der Waals surface area contributed by atoms with Gasteiger partial charge in [-0.15, -0.1) is 0 Å². The van der Waals surface area contributed by atoms with Gasteiger partial charge in [0, 0.05) is 18.2 Å². The lowest BCUT2D eigenvalue weighted by Crippen LogP contribution is -2.36. The monoisotopic (exact) mass is 468 g/mol. The summed E-state index contributed by atoms with van der Waals surface area (Å²) in [6.07, 6.45) is 0.498. The average Bonchev–Trinajstić information content (AvgIpc) is 3.23. The summed E-state index contributed by atoms with van der Waals surface area (Å²) in [5.41, 5.74) is -0.177. The third-order valence-corrected chi connectivity index (χ3v) is 4.57. The molecule has 8 nitrogen and oxygen atoms in total. The van der Waals surface area contributed by atoms with Crippen LogP contribution in [-0.4, -0.2) is 45.1 Å². The number of anilines is 1. The van der Waals surface area contributed by atoms with Crippen LogP contribution < -0.4 is 5.32 Å². The van der Waals surface area contributed by atoms with Crippen molar-refractivity contribution in [1.82, 2.24) is 14.8 Å². The summed E-state index contributed by atoms with van der Waals surface area (Å²) >= 11 is 3.34. The minimum atomic E-state index is -0.842. The van der Waals surface area contributed by atoms with E-state index in [2.05, 4.69) is 26.3 Å². The molecule has 156 valence electrons. The number of rotatable bonds is 4. The Bertz CT molecular complexity index is 912. The highest BCUT2D eigenvalue weighted by atomic mass is 79.9. The van der Waals surface area contributed by atoms with Gasteiger partial charge in [-0.25, -0.2) is 9.18 Å². The maximum atomic E-state index is 13.8. The van der Waals surface area contributed by atoms with Crippen molar-refractivity contribution in [1.29, 1.82) is 0 Å². The van der Waals surface area contributed by atoms with Crippen LogP contribution in [0.2, 0.25) is 0 Å². The molecule has 1 N–H and O–H groups in total. The maximum absolute atomic E-state index is 13.8. The first-order valence-electron chi connectivity index (χ1n) is 9.07. The number of carbonyl (C=O) groups excluding carboxylic acids is 2. The molecule has 1 aromatic heterocycles. The lowest BCUT2D eigenvalue weighted by molar-refractivity contribution is -0.154. The van der Waals surface area contributed by atoms with Gasteiger partial charge in [0.2, 0.25) is 0 Å². The molecule has 0 radical (unpaired) electrons. The first-order chi connectivity index (χ1) is 13.6. The molecule has 0 aliphatic carbocycles. The number of amides is 2. The van der Waals surface area contributed by atoms with Gasteiger partial charge < -0.3 is 10.1 Å². The van der Waals surface area contributed by atoms with E-state index in [4.69, 9.17) is 9.57 Å². The van der Waals surface area contributed by atoms with Gasteiger partial charge in [-0.1, -0.05) is 18.2 Å². The van der Waals surface area contributed by atoms with Gasteiger partial charge in [-0.05, 0) is 42.8 Å². The molecule has 2 amide bonds. The smallest absolute Gasteiger partial charge is 0.434 e. The fraction of sp³-hybridized carbons (Fsp3) is 0.421. The SMILES string of the molecule is CC(C)(C)OC(=O)N1CCC(C(=O)Nc2nn(Cc3ccccc3F)cc2Br)O1. The standard InChI is InChI=1S/C19H22BrFN4O4/c1-19(2,3)28-18(27)25-9-8-15(29-25)17(26)22-16-13(20)11-24(23-16)10-12-6-4-5-7-14(12)21/h4-7,11,15H,8-10H2,1-3H3,(H,22,23,26). The number of ether oxygens (including phenoxy) is 1. The molecule has 1 saturated heterocycles. The van der Waals surface area contributed by atoms with Gasteiger partial charge in [0.1, 0.15) is 11.4 Å². The van der Waals surface area contributed by atoms with Crippen LogP contribution in [0.15, 0.2) is 34.9 Å². The van der Waals surface area contributed by atoms with Crippen LogP contribution in [0.3, 0.4) is 0 Å². The Morgan fingerprint density at radius 2 is 2.10 bits per heavy atom. The third kappa shape index (κ3) is 5.54. The van der Waals surface area contributed by atoms with E-state index < -0.39 is 23.7 Å². The molecule has 1 aliphatic rings. The minimum Gasteiger partial charge on any atom is -0.442 e. The van der Waals surface area contributed by atoms with E-state index in [-0.39, 0.29) is 24.7 Å². The largest absolute Gasteiger partial charge is 0.442 e. The molecule has 29 heavy (non-hydrogen) atoms. The van der Waals surface area contributed by atoms with Crippen LogP contribution in [-0.2, 0) is 20.9 Å². The van der Waals surface area contributed by atoms with E-state index in [0.29, 0.717) is 16.5 Å². The number of hydrogen-bond donors (Lipinski definition) is 1. The highest BCUT2D eigenvalue weighted by Gasteiger charge is 2.35. The molecular weight excluding hydrogens is 447 g/mol. The Balaban J connectivity index is 1.59. The number of nitrogens with one attached hydrogen (secondary N) is 1. The Morgan fingerprint density at radius 1 is 1.38 bits per heavy atom. The molecule has 1 aromatic carbocycles. The predicted molar refractivity (Wildman–Crippen MR) is 106 cm³/mol. The molecule has 1 fully saturated rings. The van der Waals surface area contributed by atoms with Crippen LogP contribution >= 0.6 is 15.9 Å². The first-order valence-corrected chi connectivity index (χ1v) is 9.86. The first kappa shape index (κ1) is 21.3. The molecule has 2 aromatic rings. The Labute approximate surface area is 176 Å². The van der Waals surface area contributed by atoms with Gasteiger partial charge in [-0.3, -0.25) is 14.3 Å². The van der Waals surface area contributed by atoms with Crippen molar-refractivity contribution < 1.29 is 23.6 Å². The highest BCUT2D eigenvalue weighted by Crippen LogP contribution is 2.24. The molecule has 0 bridgehead atoms. The summed E-state index contributed by atoms with van der Waals surface area (Å²) in [6.45, 7) is 5.71. The van der Waals surface area contributed by atoms with E-state index in [0.717, 1.165) is 5.06 Å². The van der Waals surface area contributed by atoms with Crippen molar-refractivity contribution in [3.8, 4) is 0 Å². The fourth-order valence-corrected chi connectivity index (χ4v) is 3.10. The van der Waals surface area contributed by atoms with Crippen molar-refractivity contribution in [2.24, 2.45) is 0 Å². The van der Waals surface area contributed by atoms with E-state index in [1.54, 1.807) is 45.2 Å². The molecule has 2 heterocycles. The van der Waals surface area contributed by atoms with E-state index in [1.807, 2.05) is 0 Å². The van der Waals surface area contributed by atoms with Gasteiger partial charge in [0.05, 0.1) is 17.6 Å². The second kappa shape index (κ2) is 8.50. The van der Waals surface area contributed by atoms with Crippen LogP contribution in [0.25, 0.3) is 0 Å². The molecule has 1 aliphatic heterocycles. The van der Waals surface area contributed by atoms with Crippen LogP contribution in [0.1, 0.15) is 32.8 Å². The van der Waals surface area contributed by atoms with Crippen molar-refractivity contribution in [3.05, 3.63) is 46.3 Å². The fourth-order valence-electron chi connectivity index (χ4n) is 2.68. The lowest BCUT2D eigenvalue weighted by atomic mass is 10.2. The van der Waals surface area contributed by atoms with Crippen molar-refractivity contribution in [2.45, 2.75) is 45.4 Å². The van der Waals surface area contributed by atoms with Crippen molar-refractivity contribution in [3.63, 3.8) is 0 Å². The second-order valence-corrected chi connectivity index (χ2v) is 8.42. The van der Waals surface area contributed by atoms with Gasteiger partial charge >= 0.3 is 6.09 Å². The van der Waals surface area contributed by atoms with E-state index in [9.17, 15) is 14.0 Å². The average molecular weight is 469 g/mol. The Hall–Kier alpha value is -2.46. The van der Waals surface area contributed by atoms with Crippen LogP contribution in [0.5, 0.6) is 0 Å². The second-order valence-electron chi connectivity index (χ2n) is 7.57. The lowest BCUT2D eigenvalue weighted by Gasteiger charge is -2.23. The summed E-state index contributed by atoms with van der Waals surface area (Å²) < 4.78 is 21.1. The zero-order chi connectivity index (χ0) is 21.2. The zero-order valence-electron chi connectivity index (χ0n) is 16.3.